The third kappa shape index (κ3) is 4.17. The minimum absolute atomic E-state index is 0.0368. The number of amides is 1. The van der Waals surface area contributed by atoms with Crippen molar-refractivity contribution >= 4 is 12.1 Å². The maximum Gasteiger partial charge on any atom is 0.248 e. The number of ether oxygens (including phenoxy) is 2. The molecule has 29 heavy (non-hydrogen) atoms. The zero-order valence-electron chi connectivity index (χ0n) is 17.3. The number of allylic oxidation sites excluding steroid dienone is 2. The van der Waals surface area contributed by atoms with Crippen LogP contribution in [0.25, 0.3) is 0 Å². The molecule has 4 rings (SSSR count). The van der Waals surface area contributed by atoms with Crippen LogP contribution in [-0.4, -0.2) is 43.1 Å². The summed E-state index contributed by atoms with van der Waals surface area (Å²) in [4.78, 5) is 13.1. The van der Waals surface area contributed by atoms with Crippen molar-refractivity contribution in [3.63, 3.8) is 0 Å². The summed E-state index contributed by atoms with van der Waals surface area (Å²) in [5, 5.41) is 9.75. The van der Waals surface area contributed by atoms with Gasteiger partial charge in [-0.1, -0.05) is 18.2 Å². The van der Waals surface area contributed by atoms with Crippen LogP contribution in [0.15, 0.2) is 35.5 Å². The highest BCUT2D eigenvalue weighted by molar-refractivity contribution is 5.86. The van der Waals surface area contributed by atoms with Gasteiger partial charge in [0.2, 0.25) is 5.91 Å². The van der Waals surface area contributed by atoms with E-state index in [1.807, 2.05) is 26.1 Å². The SMILES string of the molecule is CCOc1ccc(C2CCNC(N3N=C[C@H]4CC=CC[C@H]4C3=O)C2)cc1OCC. The lowest BCUT2D eigenvalue weighted by atomic mass is 9.81. The first-order valence-electron chi connectivity index (χ1n) is 10.9. The Bertz CT molecular complexity index is 792. The number of carbonyl (C=O) groups is 1. The average molecular weight is 398 g/mol. The van der Waals surface area contributed by atoms with Crippen molar-refractivity contribution in [2.45, 2.75) is 51.6 Å². The van der Waals surface area contributed by atoms with Crippen molar-refractivity contribution in [1.29, 1.82) is 0 Å². The predicted molar refractivity (Wildman–Crippen MR) is 113 cm³/mol. The highest BCUT2D eigenvalue weighted by atomic mass is 16.5. The Morgan fingerprint density at radius 2 is 1.93 bits per heavy atom. The lowest BCUT2D eigenvalue weighted by molar-refractivity contribution is -0.141. The molecule has 0 saturated carbocycles. The molecule has 2 aliphatic heterocycles. The van der Waals surface area contributed by atoms with E-state index in [-0.39, 0.29) is 23.9 Å². The third-order valence-electron chi connectivity index (χ3n) is 6.12. The minimum Gasteiger partial charge on any atom is -0.490 e. The van der Waals surface area contributed by atoms with Gasteiger partial charge in [0.15, 0.2) is 11.5 Å². The van der Waals surface area contributed by atoms with Gasteiger partial charge in [0, 0.05) is 12.1 Å². The van der Waals surface area contributed by atoms with Gasteiger partial charge in [-0.2, -0.15) is 5.10 Å². The quantitative estimate of drug-likeness (QED) is 0.744. The van der Waals surface area contributed by atoms with Crippen LogP contribution in [0.3, 0.4) is 0 Å². The maximum absolute atomic E-state index is 13.1. The van der Waals surface area contributed by atoms with E-state index in [1.165, 1.54) is 5.56 Å². The Morgan fingerprint density at radius 1 is 1.14 bits per heavy atom. The molecule has 0 spiro atoms. The number of nitrogens with zero attached hydrogens (tertiary/aromatic N) is 2. The fourth-order valence-electron chi connectivity index (χ4n) is 4.61. The molecule has 1 fully saturated rings. The zero-order valence-corrected chi connectivity index (χ0v) is 17.3. The van der Waals surface area contributed by atoms with Crippen LogP contribution < -0.4 is 14.8 Å². The van der Waals surface area contributed by atoms with Gasteiger partial charge < -0.3 is 9.47 Å². The molecule has 1 saturated heterocycles. The lowest BCUT2D eigenvalue weighted by Gasteiger charge is -2.40. The smallest absolute Gasteiger partial charge is 0.248 e. The van der Waals surface area contributed by atoms with E-state index in [2.05, 4.69) is 34.7 Å². The molecule has 1 aromatic rings. The molecule has 6 nitrogen and oxygen atoms in total. The van der Waals surface area contributed by atoms with Crippen LogP contribution in [0.4, 0.5) is 0 Å². The van der Waals surface area contributed by atoms with Gasteiger partial charge in [0.05, 0.1) is 19.1 Å². The number of benzene rings is 1. The van der Waals surface area contributed by atoms with E-state index in [4.69, 9.17) is 9.47 Å². The molecule has 2 unspecified atom stereocenters. The van der Waals surface area contributed by atoms with Crippen LogP contribution in [0.2, 0.25) is 0 Å². The summed E-state index contributed by atoms with van der Waals surface area (Å²) < 4.78 is 11.5. The van der Waals surface area contributed by atoms with Crippen LogP contribution in [0.1, 0.15) is 51.0 Å². The second-order valence-electron chi connectivity index (χ2n) is 7.92. The Morgan fingerprint density at radius 3 is 2.76 bits per heavy atom. The molecule has 6 heteroatoms. The van der Waals surface area contributed by atoms with Gasteiger partial charge >= 0.3 is 0 Å². The van der Waals surface area contributed by atoms with Gasteiger partial charge in [-0.15, -0.1) is 0 Å². The Balaban J connectivity index is 1.50. The van der Waals surface area contributed by atoms with E-state index in [0.717, 1.165) is 43.7 Å². The van der Waals surface area contributed by atoms with Crippen molar-refractivity contribution in [2.75, 3.05) is 19.8 Å². The summed E-state index contributed by atoms with van der Waals surface area (Å²) in [7, 11) is 0. The molecule has 0 aromatic heterocycles. The predicted octanol–water partition coefficient (Wildman–Crippen LogP) is 3.69. The lowest BCUT2D eigenvalue weighted by Crippen LogP contribution is -2.54. The molecular weight excluding hydrogens is 366 g/mol. The van der Waals surface area contributed by atoms with Gasteiger partial charge in [-0.3, -0.25) is 10.1 Å². The fraction of sp³-hybridized carbons (Fsp3) is 0.565. The number of piperidine rings is 1. The second-order valence-corrected chi connectivity index (χ2v) is 7.92. The maximum atomic E-state index is 13.1. The number of hydrogen-bond donors (Lipinski definition) is 1. The van der Waals surface area contributed by atoms with E-state index in [1.54, 1.807) is 5.01 Å². The summed E-state index contributed by atoms with van der Waals surface area (Å²) in [6, 6.07) is 6.23. The summed E-state index contributed by atoms with van der Waals surface area (Å²) >= 11 is 0. The van der Waals surface area contributed by atoms with Crippen molar-refractivity contribution in [3.05, 3.63) is 35.9 Å². The van der Waals surface area contributed by atoms with Crippen molar-refractivity contribution in [3.8, 4) is 11.5 Å². The van der Waals surface area contributed by atoms with Crippen LogP contribution >= 0.6 is 0 Å². The minimum atomic E-state index is -0.0635. The molecule has 1 aliphatic carbocycles. The number of nitrogens with one attached hydrogen (secondary N) is 1. The largest absolute Gasteiger partial charge is 0.490 e. The third-order valence-corrected chi connectivity index (χ3v) is 6.12. The molecule has 0 radical (unpaired) electrons. The molecular formula is C23H31N3O3. The first-order valence-corrected chi connectivity index (χ1v) is 10.9. The zero-order chi connectivity index (χ0) is 20.2. The van der Waals surface area contributed by atoms with Gasteiger partial charge in [0.25, 0.3) is 0 Å². The van der Waals surface area contributed by atoms with Crippen LogP contribution in [-0.2, 0) is 4.79 Å². The Labute approximate surface area is 172 Å². The molecule has 0 bridgehead atoms. The molecule has 3 aliphatic rings. The van der Waals surface area contributed by atoms with E-state index < -0.39 is 0 Å². The van der Waals surface area contributed by atoms with Crippen molar-refractivity contribution in [1.82, 2.24) is 10.3 Å². The van der Waals surface area contributed by atoms with Crippen LogP contribution in [0, 0.1) is 11.8 Å². The standard InChI is InChI=1S/C23H31N3O3/c1-3-28-20-10-9-16(13-21(20)29-4-2)17-11-12-24-22(14-17)26-23(27)19-8-6-5-7-18(19)15-25-26/h5-6,9-10,13,15,17-19,22,24H,3-4,7-8,11-12,14H2,1-2H3/t17?,18-,19-,22?/m1/s1. The van der Waals surface area contributed by atoms with Gasteiger partial charge in [-0.25, -0.2) is 5.01 Å². The summed E-state index contributed by atoms with van der Waals surface area (Å²) in [5.41, 5.74) is 1.23. The molecule has 156 valence electrons. The number of hydrazone groups is 1. The van der Waals surface area contributed by atoms with Crippen LogP contribution in [0.5, 0.6) is 11.5 Å². The highest BCUT2D eigenvalue weighted by Crippen LogP contribution is 2.37. The fourth-order valence-corrected chi connectivity index (χ4v) is 4.61. The Hall–Kier alpha value is -2.34. The Kier molecular flexibility index (Phi) is 6.19. The molecule has 4 atom stereocenters. The summed E-state index contributed by atoms with van der Waals surface area (Å²) in [6.07, 6.45) is 9.80. The molecule has 2 heterocycles. The topological polar surface area (TPSA) is 63.2 Å². The van der Waals surface area contributed by atoms with Crippen molar-refractivity contribution in [2.24, 2.45) is 16.9 Å². The first-order chi connectivity index (χ1) is 14.2. The summed E-state index contributed by atoms with van der Waals surface area (Å²) in [6.45, 7) is 6.04. The van der Waals surface area contributed by atoms with Gasteiger partial charge in [-0.05, 0) is 69.7 Å². The van der Waals surface area contributed by atoms with Gasteiger partial charge in [0.1, 0.15) is 6.17 Å². The number of carbonyl (C=O) groups excluding carboxylic acids is 1. The van der Waals surface area contributed by atoms with E-state index in [9.17, 15) is 4.79 Å². The number of fused-ring (bicyclic) bond motifs is 1. The van der Waals surface area contributed by atoms with E-state index in [0.29, 0.717) is 19.1 Å². The summed E-state index contributed by atoms with van der Waals surface area (Å²) in [5.74, 6) is 2.38. The highest BCUT2D eigenvalue weighted by Gasteiger charge is 2.39. The second kappa shape index (κ2) is 8.99. The molecule has 1 amide bonds. The molecule has 1 aromatic carbocycles. The monoisotopic (exact) mass is 397 g/mol. The molecule has 1 N–H and O–H groups in total. The number of rotatable bonds is 6. The first kappa shape index (κ1) is 20.0. The average Bonchev–Trinajstić information content (AvgIpc) is 2.76. The van der Waals surface area contributed by atoms with E-state index >= 15 is 0 Å². The normalized spacial score (nSPS) is 28.9. The number of hydrogen-bond acceptors (Lipinski definition) is 5. The van der Waals surface area contributed by atoms with Crippen molar-refractivity contribution < 1.29 is 14.3 Å².